The van der Waals surface area contributed by atoms with Gasteiger partial charge in [-0.1, -0.05) is 0 Å². The average Bonchev–Trinajstić information content (AvgIpc) is 2.77. The van der Waals surface area contributed by atoms with Crippen LogP contribution >= 0.6 is 0 Å². The Balaban J connectivity index is 1.57. The van der Waals surface area contributed by atoms with Crippen molar-refractivity contribution < 1.29 is 9.53 Å². The third-order valence-corrected chi connectivity index (χ3v) is 6.09. The summed E-state index contributed by atoms with van der Waals surface area (Å²) >= 11 is 0. The smallest absolute Gasteiger partial charge is 0.251 e. The maximum Gasteiger partial charge on any atom is 0.251 e. The number of carbonyl (C=O) groups excluding carboxylic acids is 1. The molecule has 1 fully saturated rings. The van der Waals surface area contributed by atoms with Crippen molar-refractivity contribution in [2.75, 3.05) is 55.5 Å². The van der Waals surface area contributed by atoms with Crippen molar-refractivity contribution in [1.29, 1.82) is 0 Å². The van der Waals surface area contributed by atoms with E-state index in [0.717, 1.165) is 38.4 Å². The number of amides is 1. The first kappa shape index (κ1) is 19.6. The quantitative estimate of drug-likeness (QED) is 0.834. The average molecular weight is 395 g/mol. The molecule has 29 heavy (non-hydrogen) atoms. The summed E-state index contributed by atoms with van der Waals surface area (Å²) in [6.45, 7) is 5.70. The van der Waals surface area contributed by atoms with Gasteiger partial charge in [-0.05, 0) is 61.4 Å². The molecule has 154 valence electrons. The lowest BCUT2D eigenvalue weighted by Crippen LogP contribution is -2.37. The van der Waals surface area contributed by atoms with Crippen LogP contribution in [0.15, 0.2) is 42.5 Å². The molecule has 2 aromatic rings. The molecule has 2 unspecified atom stereocenters. The highest BCUT2D eigenvalue weighted by Gasteiger charge is 2.29. The Hall–Kier alpha value is -2.73. The van der Waals surface area contributed by atoms with Crippen molar-refractivity contribution >= 4 is 23.0 Å². The second kappa shape index (κ2) is 8.33. The second-order valence-corrected chi connectivity index (χ2v) is 7.89. The number of morpholine rings is 1. The van der Waals surface area contributed by atoms with Crippen LogP contribution in [0.3, 0.4) is 0 Å². The highest BCUT2D eigenvalue weighted by Crippen LogP contribution is 2.38. The van der Waals surface area contributed by atoms with Gasteiger partial charge in [0.25, 0.3) is 5.91 Å². The van der Waals surface area contributed by atoms with Crippen LogP contribution in [-0.4, -0.2) is 52.3 Å². The Morgan fingerprint density at radius 2 is 1.83 bits per heavy atom. The van der Waals surface area contributed by atoms with Gasteiger partial charge in [-0.3, -0.25) is 4.79 Å². The number of anilines is 3. The molecule has 4 rings (SSSR count). The number of hydrogen-bond donors (Lipinski definition) is 2. The molecular formula is C23H30N4O2. The standard InChI is InChI=1S/C23H30N4O2/c1-16-14-21(20-15-17(23(28)24-2)4-9-22(20)26(16)3)25-18-5-7-19(8-6-18)27-10-12-29-13-11-27/h4-9,15-16,21,25H,10-14H2,1-3H3,(H,24,28). The van der Waals surface area contributed by atoms with E-state index in [2.05, 4.69) is 64.7 Å². The molecule has 2 aliphatic heterocycles. The Morgan fingerprint density at radius 1 is 1.10 bits per heavy atom. The Kier molecular flexibility index (Phi) is 5.62. The van der Waals surface area contributed by atoms with Crippen molar-refractivity contribution in [3.05, 3.63) is 53.6 Å². The van der Waals surface area contributed by atoms with Gasteiger partial charge in [0.15, 0.2) is 0 Å². The Bertz CT molecular complexity index is 862. The molecule has 2 N–H and O–H groups in total. The molecular weight excluding hydrogens is 364 g/mol. The van der Waals surface area contributed by atoms with Crippen LogP contribution in [0.2, 0.25) is 0 Å². The van der Waals surface area contributed by atoms with Crippen LogP contribution < -0.4 is 20.4 Å². The minimum atomic E-state index is -0.0531. The Morgan fingerprint density at radius 3 is 2.52 bits per heavy atom. The number of rotatable bonds is 4. The van der Waals surface area contributed by atoms with Gasteiger partial charge in [-0.15, -0.1) is 0 Å². The molecule has 0 saturated carbocycles. The van der Waals surface area contributed by atoms with Gasteiger partial charge < -0.3 is 25.2 Å². The molecule has 2 aromatic carbocycles. The maximum atomic E-state index is 12.1. The normalized spacial score (nSPS) is 21.5. The van der Waals surface area contributed by atoms with E-state index in [1.165, 1.54) is 16.9 Å². The van der Waals surface area contributed by atoms with E-state index in [4.69, 9.17) is 4.74 Å². The highest BCUT2D eigenvalue weighted by molar-refractivity contribution is 5.94. The van der Waals surface area contributed by atoms with Gasteiger partial charge in [-0.2, -0.15) is 0 Å². The zero-order chi connectivity index (χ0) is 20.4. The van der Waals surface area contributed by atoms with E-state index < -0.39 is 0 Å². The summed E-state index contributed by atoms with van der Waals surface area (Å²) in [6, 6.07) is 15.2. The molecule has 1 saturated heterocycles. The zero-order valence-electron chi connectivity index (χ0n) is 17.4. The van der Waals surface area contributed by atoms with Crippen molar-refractivity contribution in [2.24, 2.45) is 0 Å². The lowest BCUT2D eigenvalue weighted by Gasteiger charge is -2.39. The molecule has 2 aliphatic rings. The van der Waals surface area contributed by atoms with Crippen molar-refractivity contribution in [1.82, 2.24) is 5.32 Å². The van der Waals surface area contributed by atoms with E-state index >= 15 is 0 Å². The lowest BCUT2D eigenvalue weighted by atomic mass is 9.90. The third-order valence-electron chi connectivity index (χ3n) is 6.09. The predicted octanol–water partition coefficient (Wildman–Crippen LogP) is 3.26. The minimum absolute atomic E-state index is 0.0531. The van der Waals surface area contributed by atoms with Crippen LogP contribution in [0.25, 0.3) is 0 Å². The number of nitrogens with zero attached hydrogens (tertiary/aromatic N) is 2. The molecule has 2 atom stereocenters. The van der Waals surface area contributed by atoms with E-state index in [9.17, 15) is 4.79 Å². The summed E-state index contributed by atoms with van der Waals surface area (Å²) in [6.07, 6.45) is 0.978. The van der Waals surface area contributed by atoms with Gasteiger partial charge in [0.05, 0.1) is 19.3 Å². The topological polar surface area (TPSA) is 56.8 Å². The SMILES string of the molecule is CNC(=O)c1ccc2c(c1)C(Nc1ccc(N3CCOCC3)cc1)CC(C)N2C. The van der Waals surface area contributed by atoms with Crippen LogP contribution in [0, 0.1) is 0 Å². The summed E-state index contributed by atoms with van der Waals surface area (Å²) in [4.78, 5) is 16.8. The van der Waals surface area contributed by atoms with Gasteiger partial charge in [-0.25, -0.2) is 0 Å². The molecule has 0 aromatic heterocycles. The molecule has 0 aliphatic carbocycles. The van der Waals surface area contributed by atoms with E-state index in [0.29, 0.717) is 11.6 Å². The van der Waals surface area contributed by atoms with Gasteiger partial charge >= 0.3 is 0 Å². The number of carbonyl (C=O) groups is 1. The number of nitrogens with one attached hydrogen (secondary N) is 2. The maximum absolute atomic E-state index is 12.1. The fourth-order valence-corrected chi connectivity index (χ4v) is 4.23. The third kappa shape index (κ3) is 4.03. The molecule has 1 amide bonds. The van der Waals surface area contributed by atoms with Gasteiger partial charge in [0.2, 0.25) is 0 Å². The fourth-order valence-electron chi connectivity index (χ4n) is 4.23. The van der Waals surface area contributed by atoms with E-state index in [1.807, 2.05) is 12.1 Å². The van der Waals surface area contributed by atoms with Crippen LogP contribution in [0.1, 0.15) is 35.3 Å². The van der Waals surface area contributed by atoms with E-state index in [-0.39, 0.29) is 11.9 Å². The molecule has 0 bridgehead atoms. The minimum Gasteiger partial charge on any atom is -0.378 e. The first-order chi connectivity index (χ1) is 14.1. The molecule has 2 heterocycles. The van der Waals surface area contributed by atoms with Crippen LogP contribution in [0.4, 0.5) is 17.1 Å². The van der Waals surface area contributed by atoms with Crippen LogP contribution in [-0.2, 0) is 4.74 Å². The van der Waals surface area contributed by atoms with Crippen molar-refractivity contribution in [3.8, 4) is 0 Å². The summed E-state index contributed by atoms with van der Waals surface area (Å²) < 4.78 is 5.45. The molecule has 0 spiro atoms. The fraction of sp³-hybridized carbons (Fsp3) is 0.435. The highest BCUT2D eigenvalue weighted by atomic mass is 16.5. The van der Waals surface area contributed by atoms with E-state index in [1.54, 1.807) is 7.05 Å². The molecule has 6 nitrogen and oxygen atoms in total. The second-order valence-electron chi connectivity index (χ2n) is 7.89. The van der Waals surface area contributed by atoms with Crippen molar-refractivity contribution in [3.63, 3.8) is 0 Å². The number of ether oxygens (including phenoxy) is 1. The summed E-state index contributed by atoms with van der Waals surface area (Å²) in [7, 11) is 3.79. The number of hydrogen-bond acceptors (Lipinski definition) is 5. The molecule has 6 heteroatoms. The monoisotopic (exact) mass is 394 g/mol. The van der Waals surface area contributed by atoms with Gasteiger partial charge in [0, 0.05) is 55.9 Å². The van der Waals surface area contributed by atoms with Crippen LogP contribution in [0.5, 0.6) is 0 Å². The first-order valence-corrected chi connectivity index (χ1v) is 10.3. The Labute approximate surface area is 172 Å². The first-order valence-electron chi connectivity index (χ1n) is 10.3. The zero-order valence-corrected chi connectivity index (χ0v) is 17.4. The largest absolute Gasteiger partial charge is 0.378 e. The summed E-state index contributed by atoms with van der Waals surface area (Å²) in [5.41, 5.74) is 5.38. The number of benzene rings is 2. The summed E-state index contributed by atoms with van der Waals surface area (Å²) in [5.74, 6) is -0.0531. The van der Waals surface area contributed by atoms with Gasteiger partial charge in [0.1, 0.15) is 0 Å². The number of fused-ring (bicyclic) bond motifs is 1. The van der Waals surface area contributed by atoms with Crippen molar-refractivity contribution in [2.45, 2.75) is 25.4 Å². The predicted molar refractivity (Wildman–Crippen MR) is 118 cm³/mol. The lowest BCUT2D eigenvalue weighted by molar-refractivity contribution is 0.0963. The summed E-state index contributed by atoms with van der Waals surface area (Å²) in [5, 5.41) is 6.42. The molecule has 0 radical (unpaired) electrons.